The third-order valence-electron chi connectivity index (χ3n) is 6.19. The minimum absolute atomic E-state index is 0.136. The number of halogens is 4. The fourth-order valence-corrected chi connectivity index (χ4v) is 4.37. The van der Waals surface area contributed by atoms with Gasteiger partial charge in [-0.25, -0.2) is 14.4 Å². The molecule has 2 aromatic heterocycles. The molecular formula is C19H22F4N4O. The summed E-state index contributed by atoms with van der Waals surface area (Å²) in [5, 5.41) is 10.6. The molecule has 3 unspecified atom stereocenters. The summed E-state index contributed by atoms with van der Waals surface area (Å²) in [5.41, 5.74) is 4.32. The molecule has 0 bridgehead atoms. The predicted octanol–water partition coefficient (Wildman–Crippen LogP) is 4.08. The van der Waals surface area contributed by atoms with Gasteiger partial charge in [0.05, 0.1) is 16.8 Å². The minimum atomic E-state index is -4.64. The van der Waals surface area contributed by atoms with E-state index in [4.69, 9.17) is 5.73 Å². The monoisotopic (exact) mass is 398 g/mol. The summed E-state index contributed by atoms with van der Waals surface area (Å²) >= 11 is 0. The van der Waals surface area contributed by atoms with E-state index in [9.17, 15) is 22.7 Å². The molecule has 2 saturated carbocycles. The minimum Gasteiger partial charge on any atom is -0.385 e. The molecule has 3 N–H and O–H groups in total. The molecule has 0 saturated heterocycles. The summed E-state index contributed by atoms with van der Waals surface area (Å²) in [6, 6.07) is 0.912. The number of imidazole rings is 1. The maximum Gasteiger partial charge on any atom is 0.419 e. The summed E-state index contributed by atoms with van der Waals surface area (Å²) in [6.45, 7) is 3.65. The number of anilines is 1. The van der Waals surface area contributed by atoms with Gasteiger partial charge >= 0.3 is 6.18 Å². The number of nitrogen functional groups attached to an aromatic ring is 1. The Kier molecular flexibility index (Phi) is 4.22. The molecule has 2 aromatic rings. The molecule has 2 fully saturated rings. The molecule has 0 radical (unpaired) electrons. The fourth-order valence-electron chi connectivity index (χ4n) is 4.37. The van der Waals surface area contributed by atoms with E-state index in [1.807, 2.05) is 13.8 Å². The van der Waals surface area contributed by atoms with E-state index in [1.165, 1.54) is 6.20 Å². The zero-order valence-corrected chi connectivity index (χ0v) is 15.5. The number of aliphatic hydroxyl groups is 1. The first-order valence-corrected chi connectivity index (χ1v) is 9.29. The molecule has 2 aliphatic carbocycles. The number of fused-ring (bicyclic) bond motifs is 1. The number of pyridine rings is 1. The topological polar surface area (TPSA) is 77.0 Å². The van der Waals surface area contributed by atoms with Crippen molar-refractivity contribution in [1.82, 2.24) is 14.5 Å². The molecule has 2 heterocycles. The van der Waals surface area contributed by atoms with Gasteiger partial charge < -0.3 is 15.4 Å². The molecule has 9 heteroatoms. The molecule has 0 aromatic carbocycles. The summed E-state index contributed by atoms with van der Waals surface area (Å²) < 4.78 is 55.3. The Morgan fingerprint density at radius 3 is 2.57 bits per heavy atom. The highest BCUT2D eigenvalue weighted by Crippen LogP contribution is 2.61. The van der Waals surface area contributed by atoms with Gasteiger partial charge in [0.25, 0.3) is 0 Å². The number of nitrogens with two attached hydrogens (primary N) is 1. The highest BCUT2D eigenvalue weighted by molar-refractivity contribution is 5.62. The van der Waals surface area contributed by atoms with Gasteiger partial charge in [-0.15, -0.1) is 0 Å². The van der Waals surface area contributed by atoms with Crippen LogP contribution in [0.5, 0.6) is 0 Å². The van der Waals surface area contributed by atoms with Crippen LogP contribution in [-0.2, 0) is 11.7 Å². The van der Waals surface area contributed by atoms with Gasteiger partial charge in [0, 0.05) is 30.3 Å². The van der Waals surface area contributed by atoms with Gasteiger partial charge in [0.15, 0.2) is 0 Å². The van der Waals surface area contributed by atoms with Crippen molar-refractivity contribution in [3.8, 4) is 11.3 Å². The smallest absolute Gasteiger partial charge is 0.385 e. The summed E-state index contributed by atoms with van der Waals surface area (Å²) in [4.78, 5) is 8.10. The molecule has 0 aliphatic heterocycles. The van der Waals surface area contributed by atoms with Crippen LogP contribution in [0.4, 0.5) is 23.4 Å². The normalized spacial score (nSPS) is 27.9. The number of aromatic nitrogens is 3. The maximum atomic E-state index is 13.9. The highest BCUT2D eigenvalue weighted by atomic mass is 19.4. The third kappa shape index (κ3) is 2.70. The van der Waals surface area contributed by atoms with E-state index in [1.54, 1.807) is 10.8 Å². The lowest BCUT2D eigenvalue weighted by Gasteiger charge is -2.61. The second-order valence-corrected chi connectivity index (χ2v) is 8.17. The summed E-state index contributed by atoms with van der Waals surface area (Å²) in [5.74, 6) is -0.537. The van der Waals surface area contributed by atoms with Crippen LogP contribution in [0.15, 0.2) is 18.5 Å². The van der Waals surface area contributed by atoms with E-state index in [0.29, 0.717) is 12.2 Å². The van der Waals surface area contributed by atoms with Crippen LogP contribution in [-0.4, -0.2) is 25.8 Å². The Bertz CT molecular complexity index is 910. The van der Waals surface area contributed by atoms with Crippen molar-refractivity contribution in [3.63, 3.8) is 0 Å². The second-order valence-electron chi connectivity index (χ2n) is 8.17. The van der Waals surface area contributed by atoms with Gasteiger partial charge in [-0.2, -0.15) is 13.2 Å². The molecule has 5 nitrogen and oxygen atoms in total. The average molecular weight is 398 g/mol. The molecule has 4 rings (SSSR count). The van der Waals surface area contributed by atoms with Gasteiger partial charge in [-0.1, -0.05) is 13.8 Å². The van der Waals surface area contributed by atoms with Crippen molar-refractivity contribution < 1.29 is 22.7 Å². The lowest BCUT2D eigenvalue weighted by Crippen LogP contribution is -2.63. The Morgan fingerprint density at radius 1 is 1.36 bits per heavy atom. The van der Waals surface area contributed by atoms with Crippen molar-refractivity contribution in [2.75, 3.05) is 5.73 Å². The van der Waals surface area contributed by atoms with E-state index in [0.717, 1.165) is 18.9 Å². The second kappa shape index (κ2) is 6.17. The largest absolute Gasteiger partial charge is 0.419 e. The zero-order chi connectivity index (χ0) is 20.4. The van der Waals surface area contributed by atoms with Crippen LogP contribution in [0, 0.1) is 11.8 Å². The van der Waals surface area contributed by atoms with E-state index >= 15 is 0 Å². The number of aliphatic hydroxyl groups excluding tert-OH is 1. The molecule has 0 amide bonds. The lowest BCUT2D eigenvalue weighted by atomic mass is 9.52. The molecule has 28 heavy (non-hydrogen) atoms. The molecule has 2 aliphatic rings. The Morgan fingerprint density at radius 2 is 2.07 bits per heavy atom. The number of alkyl halides is 4. The van der Waals surface area contributed by atoms with Crippen molar-refractivity contribution in [2.45, 2.75) is 57.1 Å². The Hall–Kier alpha value is -2.16. The van der Waals surface area contributed by atoms with Crippen LogP contribution in [0.3, 0.4) is 0 Å². The van der Waals surface area contributed by atoms with E-state index in [-0.39, 0.29) is 23.1 Å². The summed E-state index contributed by atoms with van der Waals surface area (Å²) in [7, 11) is 0. The quantitative estimate of drug-likeness (QED) is 0.761. The van der Waals surface area contributed by atoms with Crippen LogP contribution < -0.4 is 5.73 Å². The van der Waals surface area contributed by atoms with Gasteiger partial charge in [0.2, 0.25) is 0 Å². The predicted molar refractivity (Wildman–Crippen MR) is 94.9 cm³/mol. The number of hydrogen-bond donors (Lipinski definition) is 2. The first kappa shape index (κ1) is 19.2. The molecule has 152 valence electrons. The first-order valence-electron chi connectivity index (χ1n) is 9.29. The first-order chi connectivity index (χ1) is 13.0. The Labute approximate surface area is 159 Å². The Balaban J connectivity index is 1.81. The molecule has 0 spiro atoms. The summed E-state index contributed by atoms with van der Waals surface area (Å²) in [6.07, 6.45) is -1.73. The standard InChI is InChI=1S/C19H22F4N4O/c1-9(2)15(28)17-26-14(8-27(17)18-4-3-11(18)13(20)6-18)10-5-12(19(21,22)23)16(24)25-7-10/h5,7-9,11,13,15,28H,3-4,6H2,1-2H3,(H2,24,25)/t11?,13?,15-,18?/m0/s1. The van der Waals surface area contributed by atoms with Crippen molar-refractivity contribution in [1.29, 1.82) is 0 Å². The average Bonchev–Trinajstić information content (AvgIpc) is 3.02. The third-order valence-corrected chi connectivity index (χ3v) is 6.19. The van der Waals surface area contributed by atoms with Gasteiger partial charge in [-0.05, 0) is 24.8 Å². The van der Waals surface area contributed by atoms with Crippen LogP contribution in [0.2, 0.25) is 0 Å². The number of nitrogens with zero attached hydrogens (tertiary/aromatic N) is 3. The lowest BCUT2D eigenvalue weighted by molar-refractivity contribution is -0.137. The zero-order valence-electron chi connectivity index (χ0n) is 15.5. The number of hydrogen-bond acceptors (Lipinski definition) is 4. The van der Waals surface area contributed by atoms with Crippen LogP contribution in [0.1, 0.15) is 50.6 Å². The van der Waals surface area contributed by atoms with Gasteiger partial charge in [-0.3, -0.25) is 0 Å². The fraction of sp³-hybridized carbons (Fsp3) is 0.579. The van der Waals surface area contributed by atoms with Crippen LogP contribution in [0.25, 0.3) is 11.3 Å². The van der Waals surface area contributed by atoms with Gasteiger partial charge in [0.1, 0.15) is 23.9 Å². The van der Waals surface area contributed by atoms with Crippen LogP contribution >= 0.6 is 0 Å². The number of rotatable bonds is 4. The molecular weight excluding hydrogens is 376 g/mol. The maximum absolute atomic E-state index is 13.9. The van der Waals surface area contributed by atoms with E-state index < -0.39 is 35.4 Å². The SMILES string of the molecule is CC(C)[C@H](O)c1nc(-c2cnc(N)c(C(F)(F)F)c2)cn1C12CCC1C(F)C2. The van der Waals surface area contributed by atoms with Crippen molar-refractivity contribution in [2.24, 2.45) is 11.8 Å². The van der Waals surface area contributed by atoms with E-state index in [2.05, 4.69) is 9.97 Å². The van der Waals surface area contributed by atoms with Crippen molar-refractivity contribution in [3.05, 3.63) is 29.8 Å². The highest BCUT2D eigenvalue weighted by Gasteiger charge is 2.62. The van der Waals surface area contributed by atoms with Crippen molar-refractivity contribution >= 4 is 5.82 Å². The molecule has 4 atom stereocenters.